The lowest BCUT2D eigenvalue weighted by molar-refractivity contribution is -0.387. The van der Waals surface area contributed by atoms with E-state index in [9.17, 15) is 28.1 Å². The first-order chi connectivity index (χ1) is 9.66. The smallest absolute Gasteiger partial charge is 0.344 e. The lowest BCUT2D eigenvalue weighted by Gasteiger charge is -2.05. The summed E-state index contributed by atoms with van der Waals surface area (Å²) in [5, 5.41) is 10.9. The summed E-state index contributed by atoms with van der Waals surface area (Å²) in [6.45, 7) is -0.656. The van der Waals surface area contributed by atoms with Gasteiger partial charge in [-0.25, -0.2) is 18.0 Å². The van der Waals surface area contributed by atoms with Gasteiger partial charge in [0, 0.05) is 12.3 Å². The fourth-order valence-corrected chi connectivity index (χ4v) is 2.20. The second-order valence-corrected chi connectivity index (χ2v) is 5.85. The van der Waals surface area contributed by atoms with Gasteiger partial charge in [0.15, 0.2) is 16.4 Å². The van der Waals surface area contributed by atoms with Crippen molar-refractivity contribution in [1.29, 1.82) is 0 Å². The molecule has 0 amide bonds. The number of rotatable bonds is 5. The summed E-state index contributed by atoms with van der Waals surface area (Å²) in [4.78, 5) is 31.9. The van der Waals surface area contributed by atoms with Crippen molar-refractivity contribution in [3.8, 4) is 0 Å². The van der Waals surface area contributed by atoms with Crippen molar-refractivity contribution in [2.45, 2.75) is 4.90 Å². The van der Waals surface area contributed by atoms with Gasteiger partial charge in [0.25, 0.3) is 5.69 Å². The van der Waals surface area contributed by atoms with Crippen LogP contribution in [-0.4, -0.2) is 45.3 Å². The van der Waals surface area contributed by atoms with Crippen LogP contribution in [0.25, 0.3) is 0 Å². The van der Waals surface area contributed by atoms with E-state index in [1.807, 2.05) is 0 Å². The molecule has 0 aromatic heterocycles. The zero-order valence-corrected chi connectivity index (χ0v) is 11.9. The molecule has 0 unspecified atom stereocenters. The molecule has 10 heteroatoms. The summed E-state index contributed by atoms with van der Waals surface area (Å²) < 4.78 is 31.6. The predicted molar refractivity (Wildman–Crippen MR) is 68.5 cm³/mol. The topological polar surface area (TPSA) is 130 Å². The van der Waals surface area contributed by atoms with Gasteiger partial charge >= 0.3 is 11.9 Å². The first-order valence-corrected chi connectivity index (χ1v) is 7.28. The van der Waals surface area contributed by atoms with Gasteiger partial charge < -0.3 is 9.47 Å². The van der Waals surface area contributed by atoms with Crippen LogP contribution in [0.15, 0.2) is 23.1 Å². The number of esters is 2. The van der Waals surface area contributed by atoms with Crippen molar-refractivity contribution in [3.05, 3.63) is 33.9 Å². The van der Waals surface area contributed by atoms with Crippen molar-refractivity contribution in [2.24, 2.45) is 0 Å². The predicted octanol–water partition coefficient (Wildman–Crippen LogP) is 0.328. The SMILES string of the molecule is COC(=O)COC(=O)c1ccc(S(C)(=O)=O)c([N+](=O)[O-])c1. The Balaban J connectivity index is 3.12. The van der Waals surface area contributed by atoms with Crippen LogP contribution >= 0.6 is 0 Å². The molecule has 0 saturated carbocycles. The maximum Gasteiger partial charge on any atom is 0.344 e. The highest BCUT2D eigenvalue weighted by Crippen LogP contribution is 2.25. The number of benzene rings is 1. The van der Waals surface area contributed by atoms with Crippen LogP contribution in [0.4, 0.5) is 5.69 Å². The molecule has 1 aromatic carbocycles. The van der Waals surface area contributed by atoms with Crippen LogP contribution < -0.4 is 0 Å². The average molecular weight is 317 g/mol. The molecule has 0 spiro atoms. The normalized spacial score (nSPS) is 10.8. The molecular formula is C11H11NO8S. The lowest BCUT2D eigenvalue weighted by atomic mass is 10.2. The van der Waals surface area contributed by atoms with Gasteiger partial charge in [0.05, 0.1) is 17.6 Å². The van der Waals surface area contributed by atoms with Gasteiger partial charge in [-0.2, -0.15) is 0 Å². The molecule has 0 atom stereocenters. The van der Waals surface area contributed by atoms with Gasteiger partial charge in [-0.15, -0.1) is 0 Å². The molecule has 0 heterocycles. The van der Waals surface area contributed by atoms with E-state index in [1.54, 1.807) is 0 Å². The Kier molecular flexibility index (Phi) is 4.97. The van der Waals surface area contributed by atoms with E-state index in [2.05, 4.69) is 9.47 Å². The zero-order valence-electron chi connectivity index (χ0n) is 11.1. The third-order valence-corrected chi connectivity index (χ3v) is 3.48. The molecule has 0 fully saturated rings. The summed E-state index contributed by atoms with van der Waals surface area (Å²) >= 11 is 0. The number of nitro benzene ring substituents is 1. The molecule has 0 bridgehead atoms. The molecule has 0 aliphatic heterocycles. The highest BCUT2D eigenvalue weighted by atomic mass is 32.2. The van der Waals surface area contributed by atoms with Crippen LogP contribution in [0.3, 0.4) is 0 Å². The Morgan fingerprint density at radius 2 is 1.95 bits per heavy atom. The number of sulfone groups is 1. The van der Waals surface area contributed by atoms with E-state index in [-0.39, 0.29) is 5.56 Å². The minimum absolute atomic E-state index is 0.252. The molecule has 0 aliphatic rings. The van der Waals surface area contributed by atoms with Crippen LogP contribution in [-0.2, 0) is 24.1 Å². The van der Waals surface area contributed by atoms with Crippen LogP contribution in [0.5, 0.6) is 0 Å². The largest absolute Gasteiger partial charge is 0.466 e. The average Bonchev–Trinajstić information content (AvgIpc) is 2.42. The lowest BCUT2D eigenvalue weighted by Crippen LogP contribution is -2.15. The number of carbonyl (C=O) groups excluding carboxylic acids is 2. The molecule has 114 valence electrons. The summed E-state index contributed by atoms with van der Waals surface area (Å²) in [5.41, 5.74) is -0.997. The number of hydrogen-bond donors (Lipinski definition) is 0. The van der Waals surface area contributed by atoms with E-state index in [1.165, 1.54) is 0 Å². The second-order valence-electron chi connectivity index (χ2n) is 3.86. The number of nitro groups is 1. The quantitative estimate of drug-likeness (QED) is 0.431. The van der Waals surface area contributed by atoms with Gasteiger partial charge in [0.2, 0.25) is 0 Å². The first kappa shape index (κ1) is 16.6. The molecule has 1 rings (SSSR count). The van der Waals surface area contributed by atoms with E-state index < -0.39 is 43.9 Å². The van der Waals surface area contributed by atoms with E-state index in [0.717, 1.165) is 31.6 Å². The number of methoxy groups -OCH3 is 1. The van der Waals surface area contributed by atoms with Crippen molar-refractivity contribution < 1.29 is 32.4 Å². The highest BCUT2D eigenvalue weighted by molar-refractivity contribution is 7.90. The minimum atomic E-state index is -3.82. The second kappa shape index (κ2) is 6.31. The molecule has 1 aromatic rings. The van der Waals surface area contributed by atoms with Crippen LogP contribution in [0.2, 0.25) is 0 Å². The third-order valence-electron chi connectivity index (χ3n) is 2.34. The molecule has 9 nitrogen and oxygen atoms in total. The number of nitrogens with zero attached hydrogens (tertiary/aromatic N) is 1. The number of carbonyl (C=O) groups is 2. The summed E-state index contributed by atoms with van der Waals surface area (Å²) in [5.74, 6) is -1.81. The van der Waals surface area contributed by atoms with Crippen molar-refractivity contribution in [1.82, 2.24) is 0 Å². The van der Waals surface area contributed by atoms with E-state index in [0.29, 0.717) is 0 Å². The maximum absolute atomic E-state index is 11.6. The van der Waals surface area contributed by atoms with Crippen molar-refractivity contribution >= 4 is 27.5 Å². The van der Waals surface area contributed by atoms with Crippen LogP contribution in [0, 0.1) is 10.1 Å². The standard InChI is InChI=1S/C11H11NO8S/c1-19-10(13)6-20-11(14)7-3-4-9(21(2,17)18)8(5-7)12(15)16/h3-5H,6H2,1-2H3. The molecule has 0 aliphatic carbocycles. The number of ether oxygens (including phenoxy) is 2. The molecular weight excluding hydrogens is 306 g/mol. The summed E-state index contributed by atoms with van der Waals surface area (Å²) in [6.07, 6.45) is 0.810. The van der Waals surface area contributed by atoms with Crippen LogP contribution in [0.1, 0.15) is 10.4 Å². The molecule has 21 heavy (non-hydrogen) atoms. The van der Waals surface area contributed by atoms with E-state index in [4.69, 9.17) is 0 Å². The maximum atomic E-state index is 11.6. The van der Waals surface area contributed by atoms with Gasteiger partial charge in [-0.3, -0.25) is 10.1 Å². The Morgan fingerprint density at radius 1 is 1.33 bits per heavy atom. The summed E-state index contributed by atoms with van der Waals surface area (Å²) in [7, 11) is -2.72. The Labute approximate surface area is 119 Å². The fourth-order valence-electron chi connectivity index (χ4n) is 1.37. The van der Waals surface area contributed by atoms with Crippen molar-refractivity contribution in [3.63, 3.8) is 0 Å². The minimum Gasteiger partial charge on any atom is -0.466 e. The highest BCUT2D eigenvalue weighted by Gasteiger charge is 2.24. The third kappa shape index (κ3) is 4.24. The van der Waals surface area contributed by atoms with Gasteiger partial charge in [-0.1, -0.05) is 0 Å². The Bertz CT molecular complexity index is 694. The van der Waals surface area contributed by atoms with E-state index >= 15 is 0 Å². The van der Waals surface area contributed by atoms with Gasteiger partial charge in [-0.05, 0) is 12.1 Å². The summed E-state index contributed by atoms with van der Waals surface area (Å²) in [6, 6.07) is 2.77. The fraction of sp³-hybridized carbons (Fsp3) is 0.273. The molecule has 0 N–H and O–H groups in total. The monoisotopic (exact) mass is 317 g/mol. The van der Waals surface area contributed by atoms with Crippen molar-refractivity contribution in [2.75, 3.05) is 20.0 Å². The van der Waals surface area contributed by atoms with Gasteiger partial charge in [0.1, 0.15) is 4.90 Å². The first-order valence-electron chi connectivity index (χ1n) is 5.39. The Morgan fingerprint density at radius 3 is 2.43 bits per heavy atom. The molecule has 0 saturated heterocycles. The molecule has 0 radical (unpaired) electrons. The zero-order chi connectivity index (χ0) is 16.2. The Hall–Kier alpha value is -2.49. The number of hydrogen-bond acceptors (Lipinski definition) is 8.